The Hall–Kier alpha value is -2.09. The van der Waals surface area contributed by atoms with Crippen LogP contribution in [0.15, 0.2) is 42.5 Å². The molecule has 2 nitrogen and oxygen atoms in total. The number of nitrogens with zero attached hydrogens (tertiary/aromatic N) is 1. The molecule has 0 aliphatic rings. The minimum absolute atomic E-state index is 0.946. The Kier molecular flexibility index (Phi) is 6.06. The molecule has 24 heavy (non-hydrogen) atoms. The van der Waals surface area contributed by atoms with E-state index in [2.05, 4.69) is 65.7 Å². The Bertz CT molecular complexity index is 743. The molecule has 2 heteroatoms. The molecule has 0 amide bonds. The Labute approximate surface area is 145 Å². The van der Waals surface area contributed by atoms with Crippen LogP contribution in [0.3, 0.4) is 0 Å². The molecule has 2 aromatic carbocycles. The SMILES string of the molecule is CCCCCCCCc1ccc2[nH][c]nc2c1Cc1ccccc1. The van der Waals surface area contributed by atoms with Gasteiger partial charge in [0.1, 0.15) is 0 Å². The van der Waals surface area contributed by atoms with E-state index in [0.717, 1.165) is 23.9 Å². The fraction of sp³-hybridized carbons (Fsp3) is 0.409. The molecule has 3 rings (SSSR count). The number of nitrogens with one attached hydrogen (secondary N) is 1. The molecule has 0 aliphatic heterocycles. The molecule has 0 atom stereocenters. The Balaban J connectivity index is 1.73. The molecular formula is C22H27N2. The van der Waals surface area contributed by atoms with E-state index in [1.807, 2.05) is 0 Å². The third-order valence-electron chi connectivity index (χ3n) is 4.76. The summed E-state index contributed by atoms with van der Waals surface area (Å²) < 4.78 is 0. The van der Waals surface area contributed by atoms with E-state index in [-0.39, 0.29) is 0 Å². The summed E-state index contributed by atoms with van der Waals surface area (Å²) in [6.45, 7) is 2.27. The molecule has 0 spiro atoms. The van der Waals surface area contributed by atoms with Crippen molar-refractivity contribution >= 4 is 11.0 Å². The summed E-state index contributed by atoms with van der Waals surface area (Å²) in [6, 6.07) is 15.1. The Morgan fingerprint density at radius 1 is 0.917 bits per heavy atom. The molecule has 125 valence electrons. The first kappa shape index (κ1) is 16.8. The number of hydrogen-bond donors (Lipinski definition) is 1. The molecule has 0 bridgehead atoms. The maximum absolute atomic E-state index is 4.46. The van der Waals surface area contributed by atoms with E-state index >= 15 is 0 Å². The molecule has 1 aromatic heterocycles. The van der Waals surface area contributed by atoms with Crippen LogP contribution in [0.25, 0.3) is 11.0 Å². The largest absolute Gasteiger partial charge is 0.335 e. The van der Waals surface area contributed by atoms with Gasteiger partial charge >= 0.3 is 0 Å². The summed E-state index contributed by atoms with van der Waals surface area (Å²) in [6.07, 6.45) is 13.0. The van der Waals surface area contributed by atoms with Gasteiger partial charge < -0.3 is 4.98 Å². The molecular weight excluding hydrogens is 292 g/mol. The minimum atomic E-state index is 0.946. The lowest BCUT2D eigenvalue weighted by atomic mass is 9.94. The highest BCUT2D eigenvalue weighted by Gasteiger charge is 2.10. The van der Waals surface area contributed by atoms with Crippen molar-refractivity contribution in [3.8, 4) is 0 Å². The number of H-pyrrole nitrogens is 1. The Morgan fingerprint density at radius 3 is 2.54 bits per heavy atom. The first-order valence-corrected chi connectivity index (χ1v) is 9.29. The summed E-state index contributed by atoms with van der Waals surface area (Å²) in [4.78, 5) is 7.59. The minimum Gasteiger partial charge on any atom is -0.335 e. The molecule has 0 aliphatic carbocycles. The van der Waals surface area contributed by atoms with Crippen molar-refractivity contribution in [3.63, 3.8) is 0 Å². The van der Waals surface area contributed by atoms with Crippen molar-refractivity contribution in [1.82, 2.24) is 9.97 Å². The van der Waals surface area contributed by atoms with Crippen LogP contribution in [0.4, 0.5) is 0 Å². The average Bonchev–Trinajstić information content (AvgIpc) is 3.09. The number of fused-ring (bicyclic) bond motifs is 1. The van der Waals surface area contributed by atoms with E-state index in [1.165, 1.54) is 55.2 Å². The third kappa shape index (κ3) is 4.25. The predicted molar refractivity (Wildman–Crippen MR) is 101 cm³/mol. The summed E-state index contributed by atoms with van der Waals surface area (Å²) in [7, 11) is 0. The van der Waals surface area contributed by atoms with Gasteiger partial charge in [0.05, 0.1) is 11.0 Å². The highest BCUT2D eigenvalue weighted by Crippen LogP contribution is 2.24. The fourth-order valence-electron chi connectivity index (χ4n) is 3.38. The van der Waals surface area contributed by atoms with E-state index in [0.29, 0.717) is 0 Å². The van der Waals surface area contributed by atoms with Gasteiger partial charge in [0, 0.05) is 0 Å². The molecule has 0 unspecified atom stereocenters. The monoisotopic (exact) mass is 319 g/mol. The van der Waals surface area contributed by atoms with Gasteiger partial charge in [0.15, 0.2) is 6.33 Å². The van der Waals surface area contributed by atoms with Gasteiger partial charge in [-0.1, -0.05) is 75.4 Å². The van der Waals surface area contributed by atoms with Crippen LogP contribution in [0.2, 0.25) is 0 Å². The summed E-state index contributed by atoms with van der Waals surface area (Å²) in [5.41, 5.74) is 6.33. The van der Waals surface area contributed by atoms with Crippen molar-refractivity contribution in [2.45, 2.75) is 58.3 Å². The van der Waals surface area contributed by atoms with Gasteiger partial charge in [-0.05, 0) is 42.0 Å². The van der Waals surface area contributed by atoms with Gasteiger partial charge in [-0.15, -0.1) is 0 Å². The predicted octanol–water partition coefficient (Wildman–Crippen LogP) is 5.86. The van der Waals surface area contributed by atoms with Crippen LogP contribution in [0.5, 0.6) is 0 Å². The van der Waals surface area contributed by atoms with Crippen molar-refractivity contribution in [1.29, 1.82) is 0 Å². The highest BCUT2D eigenvalue weighted by molar-refractivity contribution is 5.80. The zero-order chi connectivity index (χ0) is 16.6. The summed E-state index contributed by atoms with van der Waals surface area (Å²) in [5.74, 6) is 0. The number of benzene rings is 2. The highest BCUT2D eigenvalue weighted by atomic mass is 14.9. The number of unbranched alkanes of at least 4 members (excludes halogenated alkanes) is 5. The Morgan fingerprint density at radius 2 is 1.71 bits per heavy atom. The third-order valence-corrected chi connectivity index (χ3v) is 4.76. The maximum atomic E-state index is 4.46. The van der Waals surface area contributed by atoms with Crippen LogP contribution < -0.4 is 0 Å². The van der Waals surface area contributed by atoms with Crippen LogP contribution >= 0.6 is 0 Å². The molecule has 3 aromatic rings. The second kappa shape index (κ2) is 8.68. The standard InChI is InChI=1S/C22H27N2/c1-2-3-4-5-6-10-13-19-14-15-21-22(24-17-23-21)20(19)16-18-11-8-7-9-12-18/h7-9,11-12,14-15H,2-6,10,13,16H2,1H3,(H,23,24). The van der Waals surface area contributed by atoms with Crippen molar-refractivity contribution in [2.75, 3.05) is 0 Å². The van der Waals surface area contributed by atoms with E-state index < -0.39 is 0 Å². The molecule has 1 radical (unpaired) electrons. The van der Waals surface area contributed by atoms with E-state index in [9.17, 15) is 0 Å². The van der Waals surface area contributed by atoms with Gasteiger partial charge in [-0.3, -0.25) is 0 Å². The number of aromatic nitrogens is 2. The number of imidazole rings is 1. The molecule has 0 saturated carbocycles. The second-order valence-corrected chi connectivity index (χ2v) is 6.63. The summed E-state index contributed by atoms with van der Waals surface area (Å²) >= 11 is 0. The van der Waals surface area contributed by atoms with Gasteiger partial charge in [-0.2, -0.15) is 0 Å². The van der Waals surface area contributed by atoms with E-state index in [1.54, 1.807) is 0 Å². The normalized spacial score (nSPS) is 11.2. The van der Waals surface area contributed by atoms with Crippen LogP contribution in [-0.2, 0) is 12.8 Å². The number of aryl methyl sites for hydroxylation is 1. The quantitative estimate of drug-likeness (QED) is 0.492. The van der Waals surface area contributed by atoms with Crippen molar-refractivity contribution in [3.05, 3.63) is 65.5 Å². The second-order valence-electron chi connectivity index (χ2n) is 6.63. The van der Waals surface area contributed by atoms with Crippen LogP contribution in [0.1, 0.15) is 62.1 Å². The van der Waals surface area contributed by atoms with Crippen LogP contribution in [-0.4, -0.2) is 9.97 Å². The molecule has 0 fully saturated rings. The average molecular weight is 319 g/mol. The first-order valence-electron chi connectivity index (χ1n) is 9.29. The van der Waals surface area contributed by atoms with Gasteiger partial charge in [-0.25, -0.2) is 4.98 Å². The number of aromatic amines is 1. The van der Waals surface area contributed by atoms with Gasteiger partial charge in [0.25, 0.3) is 0 Å². The van der Waals surface area contributed by atoms with E-state index in [4.69, 9.17) is 0 Å². The molecule has 1 N–H and O–H groups in total. The van der Waals surface area contributed by atoms with Gasteiger partial charge in [0.2, 0.25) is 0 Å². The number of hydrogen-bond acceptors (Lipinski definition) is 1. The topological polar surface area (TPSA) is 28.7 Å². The fourth-order valence-corrected chi connectivity index (χ4v) is 3.38. The zero-order valence-electron chi connectivity index (χ0n) is 14.6. The lowest BCUT2D eigenvalue weighted by Gasteiger charge is -2.11. The maximum Gasteiger partial charge on any atom is 0.174 e. The lowest BCUT2D eigenvalue weighted by Crippen LogP contribution is -1.98. The molecule has 1 heterocycles. The molecule has 0 saturated heterocycles. The zero-order valence-corrected chi connectivity index (χ0v) is 14.6. The van der Waals surface area contributed by atoms with Crippen LogP contribution in [0, 0.1) is 6.33 Å². The number of rotatable bonds is 9. The van der Waals surface area contributed by atoms with Crippen molar-refractivity contribution in [2.24, 2.45) is 0 Å². The first-order chi connectivity index (χ1) is 11.9. The summed E-state index contributed by atoms with van der Waals surface area (Å²) in [5, 5.41) is 0. The van der Waals surface area contributed by atoms with Crippen molar-refractivity contribution < 1.29 is 0 Å². The lowest BCUT2D eigenvalue weighted by molar-refractivity contribution is 0.607. The smallest absolute Gasteiger partial charge is 0.174 e.